The summed E-state index contributed by atoms with van der Waals surface area (Å²) in [6.07, 6.45) is -0.896. The molecule has 0 aliphatic carbocycles. The van der Waals surface area contributed by atoms with Crippen LogP contribution in [0.25, 0.3) is 0 Å². The van der Waals surface area contributed by atoms with Crippen LogP contribution in [0.15, 0.2) is 23.5 Å². The van der Waals surface area contributed by atoms with Gasteiger partial charge in [0.1, 0.15) is 0 Å². The van der Waals surface area contributed by atoms with Gasteiger partial charge in [-0.2, -0.15) is 0 Å². The zero-order chi connectivity index (χ0) is 7.72. The van der Waals surface area contributed by atoms with Gasteiger partial charge in [-0.05, 0) is 0 Å². The Balaban J connectivity index is 2.92. The van der Waals surface area contributed by atoms with E-state index in [-0.39, 0.29) is 0 Å². The van der Waals surface area contributed by atoms with Gasteiger partial charge in [0.05, 0.1) is 6.08 Å². The monoisotopic (exact) mass is 146 g/mol. The molecule has 1 rings (SSSR count). The van der Waals surface area contributed by atoms with E-state index in [9.17, 15) is 0 Å². The maximum Gasteiger partial charge on any atom is 0.283 e. The number of rotatable bonds is 0. The smallest absolute Gasteiger partial charge is 0.283 e. The number of allylic oxidation sites excluding steroid dienone is 1. The van der Waals surface area contributed by atoms with Crippen LogP contribution in [0.1, 0.15) is 0 Å². The summed E-state index contributed by atoms with van der Waals surface area (Å²) in [5, 5.41) is 34.5. The molecular weight excluding hydrogens is 140 g/mol. The molecule has 1 atom stereocenters. The summed E-state index contributed by atoms with van der Waals surface area (Å²) in [7, 11) is 0. The van der Waals surface area contributed by atoms with Crippen LogP contribution in [0.3, 0.4) is 0 Å². The van der Waals surface area contributed by atoms with E-state index < -0.39 is 23.8 Å². The van der Waals surface area contributed by atoms with E-state index >= 15 is 0 Å². The molecule has 10 heavy (non-hydrogen) atoms. The molecule has 1 aliphatic heterocycles. The molecule has 0 saturated carbocycles. The zero-order valence-corrected chi connectivity index (χ0v) is 4.85. The Bertz CT molecular complexity index is 204. The summed E-state index contributed by atoms with van der Waals surface area (Å²) in [4.78, 5) is 0. The van der Waals surface area contributed by atoms with Crippen molar-refractivity contribution in [3.05, 3.63) is 23.5 Å². The highest BCUT2D eigenvalue weighted by Gasteiger charge is 2.21. The summed E-state index contributed by atoms with van der Waals surface area (Å²) < 4.78 is 4.17. The third-order valence-electron chi connectivity index (χ3n) is 0.989. The van der Waals surface area contributed by atoms with Gasteiger partial charge in [-0.1, -0.05) is 0 Å². The molecule has 0 bridgehead atoms. The van der Waals surface area contributed by atoms with Crippen molar-refractivity contribution in [3.63, 3.8) is 0 Å². The van der Waals surface area contributed by atoms with Crippen molar-refractivity contribution in [1.29, 1.82) is 0 Å². The highest BCUT2D eigenvalue weighted by atomic mass is 16.7. The first-order valence-corrected chi connectivity index (χ1v) is 2.48. The number of ether oxygens (including phenoxy) is 1. The van der Waals surface area contributed by atoms with Crippen molar-refractivity contribution in [3.8, 4) is 0 Å². The number of hydrogen-bond acceptors (Lipinski definition) is 5. The van der Waals surface area contributed by atoms with Gasteiger partial charge in [0.25, 0.3) is 12.2 Å². The highest BCUT2D eigenvalue weighted by molar-refractivity contribution is 5.19. The average Bonchev–Trinajstić information content (AvgIpc) is 1.82. The van der Waals surface area contributed by atoms with Gasteiger partial charge in [-0.3, -0.25) is 0 Å². The SMILES string of the molecule is OC1=CC(O)=C(O)C(O)O1. The van der Waals surface area contributed by atoms with E-state index in [0.717, 1.165) is 6.08 Å². The second kappa shape index (κ2) is 2.11. The summed E-state index contributed by atoms with van der Waals surface area (Å²) in [5.74, 6) is -1.95. The molecule has 5 nitrogen and oxygen atoms in total. The van der Waals surface area contributed by atoms with Crippen LogP contribution in [0.4, 0.5) is 0 Å². The van der Waals surface area contributed by atoms with Crippen LogP contribution < -0.4 is 0 Å². The molecule has 56 valence electrons. The van der Waals surface area contributed by atoms with Crippen molar-refractivity contribution in [1.82, 2.24) is 0 Å². The fraction of sp³-hybridized carbons (Fsp3) is 0.200. The maximum absolute atomic E-state index is 8.67. The molecule has 0 radical (unpaired) electrons. The molecule has 0 saturated heterocycles. The van der Waals surface area contributed by atoms with Crippen molar-refractivity contribution in [2.45, 2.75) is 6.29 Å². The first-order chi connectivity index (χ1) is 4.61. The van der Waals surface area contributed by atoms with Gasteiger partial charge >= 0.3 is 0 Å². The van der Waals surface area contributed by atoms with Gasteiger partial charge in [0, 0.05) is 0 Å². The van der Waals surface area contributed by atoms with Crippen LogP contribution in [-0.2, 0) is 4.74 Å². The fourth-order valence-corrected chi connectivity index (χ4v) is 0.522. The lowest BCUT2D eigenvalue weighted by Crippen LogP contribution is -2.19. The van der Waals surface area contributed by atoms with Crippen molar-refractivity contribution >= 4 is 0 Å². The van der Waals surface area contributed by atoms with Gasteiger partial charge in [0.15, 0.2) is 5.76 Å². The lowest BCUT2D eigenvalue weighted by molar-refractivity contribution is -0.103. The largest absolute Gasteiger partial charge is 0.504 e. The Labute approximate surface area is 56.1 Å². The van der Waals surface area contributed by atoms with Crippen molar-refractivity contribution < 1.29 is 25.2 Å². The van der Waals surface area contributed by atoms with Crippen LogP contribution in [0.5, 0.6) is 0 Å². The Morgan fingerprint density at radius 2 is 1.90 bits per heavy atom. The zero-order valence-electron chi connectivity index (χ0n) is 4.85. The highest BCUT2D eigenvalue weighted by Crippen LogP contribution is 2.15. The standard InChI is InChI=1S/C5H6O5/c6-2-1-3(7)10-5(9)4(2)8/h1,5-9H. The van der Waals surface area contributed by atoms with Crippen molar-refractivity contribution in [2.24, 2.45) is 0 Å². The molecule has 0 aromatic rings. The molecule has 4 N–H and O–H groups in total. The molecule has 0 aromatic heterocycles. The molecule has 0 amide bonds. The van der Waals surface area contributed by atoms with Gasteiger partial charge in [-0.15, -0.1) is 0 Å². The van der Waals surface area contributed by atoms with E-state index in [1.54, 1.807) is 0 Å². The maximum atomic E-state index is 8.67. The first kappa shape index (κ1) is 6.76. The Hall–Kier alpha value is -1.36. The summed E-state index contributed by atoms with van der Waals surface area (Å²) in [6, 6.07) is 0. The second-order valence-electron chi connectivity index (χ2n) is 1.72. The Kier molecular flexibility index (Phi) is 1.42. The fourth-order valence-electron chi connectivity index (χ4n) is 0.522. The normalized spacial score (nSPS) is 25.7. The lowest BCUT2D eigenvalue weighted by Gasteiger charge is -2.15. The van der Waals surface area contributed by atoms with E-state index in [4.69, 9.17) is 20.4 Å². The van der Waals surface area contributed by atoms with Gasteiger partial charge in [0.2, 0.25) is 5.76 Å². The molecule has 1 unspecified atom stereocenters. The van der Waals surface area contributed by atoms with E-state index in [0.29, 0.717) is 0 Å². The number of aliphatic hydroxyl groups excluding tert-OH is 4. The average molecular weight is 146 g/mol. The van der Waals surface area contributed by atoms with Gasteiger partial charge < -0.3 is 25.2 Å². The minimum Gasteiger partial charge on any atom is -0.504 e. The molecule has 1 heterocycles. The van der Waals surface area contributed by atoms with Crippen LogP contribution in [0, 0.1) is 0 Å². The summed E-state index contributed by atoms with van der Waals surface area (Å²) in [5.41, 5.74) is 0. The topological polar surface area (TPSA) is 90.2 Å². The van der Waals surface area contributed by atoms with Crippen LogP contribution in [0.2, 0.25) is 0 Å². The van der Waals surface area contributed by atoms with Gasteiger partial charge in [-0.25, -0.2) is 0 Å². The van der Waals surface area contributed by atoms with E-state index in [1.165, 1.54) is 0 Å². The predicted molar refractivity (Wildman–Crippen MR) is 30.1 cm³/mol. The lowest BCUT2D eigenvalue weighted by atomic mass is 10.3. The van der Waals surface area contributed by atoms with Crippen LogP contribution in [-0.4, -0.2) is 26.7 Å². The third kappa shape index (κ3) is 0.985. The predicted octanol–water partition coefficient (Wildman–Crippen LogP) is 0.0620. The summed E-state index contributed by atoms with van der Waals surface area (Å²) in [6.45, 7) is 0. The molecule has 0 fully saturated rings. The third-order valence-corrected chi connectivity index (χ3v) is 0.989. The minimum absolute atomic E-state index is 0.601. The molecule has 0 spiro atoms. The minimum atomic E-state index is -1.68. The Morgan fingerprint density at radius 1 is 1.30 bits per heavy atom. The van der Waals surface area contributed by atoms with E-state index in [2.05, 4.69) is 4.74 Å². The Morgan fingerprint density at radius 3 is 2.40 bits per heavy atom. The second-order valence-corrected chi connectivity index (χ2v) is 1.72. The molecule has 0 aromatic carbocycles. The summed E-state index contributed by atoms with van der Waals surface area (Å²) >= 11 is 0. The number of hydrogen-bond donors (Lipinski definition) is 4. The molecule has 5 heteroatoms. The van der Waals surface area contributed by atoms with Crippen LogP contribution >= 0.6 is 0 Å². The van der Waals surface area contributed by atoms with Crippen molar-refractivity contribution in [2.75, 3.05) is 0 Å². The number of aliphatic hydroxyl groups is 4. The first-order valence-electron chi connectivity index (χ1n) is 2.48. The molecular formula is C5H6O5. The van der Waals surface area contributed by atoms with E-state index in [1.807, 2.05) is 0 Å². The molecule has 1 aliphatic rings. The quantitative estimate of drug-likeness (QED) is 0.388.